The van der Waals surface area contributed by atoms with E-state index in [-0.39, 0.29) is 5.75 Å². The Morgan fingerprint density at radius 2 is 1.86 bits per heavy atom. The highest BCUT2D eigenvalue weighted by atomic mass is 32.1. The molecule has 28 heavy (non-hydrogen) atoms. The molecule has 0 aliphatic carbocycles. The van der Waals surface area contributed by atoms with E-state index in [1.807, 2.05) is 60.3 Å². The first-order valence-corrected chi connectivity index (χ1v) is 9.71. The molecule has 0 aliphatic rings. The number of phenolic OH excluding ortho intramolecular Hbond substituents is 1. The Morgan fingerprint density at radius 1 is 1.14 bits per heavy atom. The number of ether oxygens (including phenoxy) is 1. The quantitative estimate of drug-likeness (QED) is 0.488. The van der Waals surface area contributed by atoms with Gasteiger partial charge in [-0.3, -0.25) is 4.99 Å². The number of nitrogens with zero attached hydrogens (tertiary/aromatic N) is 3. The van der Waals surface area contributed by atoms with Crippen molar-refractivity contribution in [2.45, 2.75) is 13.8 Å². The second-order valence-corrected chi connectivity index (χ2v) is 7.26. The Bertz CT molecular complexity index is 1080. The van der Waals surface area contributed by atoms with Crippen LogP contribution in [0.1, 0.15) is 19.4 Å². The van der Waals surface area contributed by atoms with E-state index < -0.39 is 0 Å². The Balaban J connectivity index is 2.17. The average molecular weight is 394 g/mol. The van der Waals surface area contributed by atoms with Crippen LogP contribution in [0.3, 0.4) is 0 Å². The van der Waals surface area contributed by atoms with E-state index in [1.54, 1.807) is 19.2 Å². The predicted molar refractivity (Wildman–Crippen MR) is 115 cm³/mol. The second kappa shape index (κ2) is 8.71. The monoisotopic (exact) mass is 393 g/mol. The third-order valence-corrected chi connectivity index (χ3v) is 4.94. The van der Waals surface area contributed by atoms with Crippen LogP contribution in [-0.4, -0.2) is 29.1 Å². The molecule has 0 spiro atoms. The molecule has 2 aromatic carbocycles. The number of hydrogen-bond acceptors (Lipinski definition) is 5. The fourth-order valence-electron chi connectivity index (χ4n) is 2.66. The van der Waals surface area contributed by atoms with E-state index in [9.17, 15) is 5.11 Å². The topological polar surface area (TPSA) is 59.1 Å². The molecule has 0 unspecified atom stereocenters. The van der Waals surface area contributed by atoms with Crippen molar-refractivity contribution in [3.63, 3.8) is 0 Å². The lowest BCUT2D eigenvalue weighted by molar-refractivity contribution is 0.416. The van der Waals surface area contributed by atoms with Crippen LogP contribution in [0.15, 0.2) is 76.2 Å². The number of benzene rings is 2. The summed E-state index contributed by atoms with van der Waals surface area (Å²) in [5.41, 5.74) is 4.57. The van der Waals surface area contributed by atoms with Gasteiger partial charge in [-0.1, -0.05) is 24.3 Å². The van der Waals surface area contributed by atoms with Gasteiger partial charge in [0.1, 0.15) is 11.5 Å². The van der Waals surface area contributed by atoms with Gasteiger partial charge < -0.3 is 9.84 Å². The summed E-state index contributed by atoms with van der Waals surface area (Å²) >= 11 is 1.52. The Labute approximate surface area is 168 Å². The van der Waals surface area contributed by atoms with Gasteiger partial charge >= 0.3 is 0 Å². The normalized spacial score (nSPS) is 12.2. The zero-order chi connectivity index (χ0) is 20.1. The number of aromatic nitrogens is 1. The Hall–Kier alpha value is -3.12. The van der Waals surface area contributed by atoms with Crippen molar-refractivity contribution < 1.29 is 9.84 Å². The predicted octanol–water partition coefficient (Wildman–Crippen LogP) is 4.68. The molecule has 6 heteroatoms. The summed E-state index contributed by atoms with van der Waals surface area (Å²) in [6.07, 6.45) is 0. The smallest absolute Gasteiger partial charge is 0.206 e. The number of para-hydroxylation sites is 1. The minimum atomic E-state index is 0.228. The van der Waals surface area contributed by atoms with Crippen molar-refractivity contribution in [3.05, 3.63) is 76.4 Å². The number of rotatable bonds is 6. The summed E-state index contributed by atoms with van der Waals surface area (Å²) < 4.78 is 7.38. The summed E-state index contributed by atoms with van der Waals surface area (Å²) in [6, 6.07) is 14.8. The third kappa shape index (κ3) is 4.40. The van der Waals surface area contributed by atoms with Crippen molar-refractivity contribution in [1.29, 1.82) is 0 Å². The minimum absolute atomic E-state index is 0.228. The van der Waals surface area contributed by atoms with Crippen molar-refractivity contribution >= 4 is 17.0 Å². The second-order valence-electron chi connectivity index (χ2n) is 6.42. The molecule has 0 aliphatic heterocycles. The number of hydrogen-bond donors (Lipinski definition) is 1. The van der Waals surface area contributed by atoms with Gasteiger partial charge in [-0.15, -0.1) is 11.3 Å². The number of methoxy groups -OCH3 is 1. The van der Waals surface area contributed by atoms with Gasteiger partial charge in [-0.05, 0) is 55.8 Å². The molecule has 0 amide bonds. The molecule has 1 aromatic heterocycles. The van der Waals surface area contributed by atoms with Gasteiger partial charge in [-0.25, -0.2) is 4.68 Å². The fourth-order valence-corrected chi connectivity index (χ4v) is 3.48. The molecular formula is C22H23N3O2S. The first-order valence-electron chi connectivity index (χ1n) is 8.83. The average Bonchev–Trinajstić information content (AvgIpc) is 3.09. The van der Waals surface area contributed by atoms with E-state index >= 15 is 0 Å². The van der Waals surface area contributed by atoms with E-state index in [0.717, 1.165) is 38.7 Å². The standard InChI is InChI=1S/C22H23N3O2S/c1-15(2)13-23-22-25(24-16(3)17-9-11-18(26)12-10-17)20(14-28-22)19-7-5-6-8-21(19)27-4/h5-12,14,26H,1,13H2,2-4H3. The van der Waals surface area contributed by atoms with Crippen molar-refractivity contribution in [2.24, 2.45) is 10.1 Å². The van der Waals surface area contributed by atoms with Gasteiger partial charge in [0.15, 0.2) is 0 Å². The SMILES string of the molecule is C=C(C)CN=c1scc(-c2ccccc2OC)n1N=C(C)c1ccc(O)cc1. The lowest BCUT2D eigenvalue weighted by Crippen LogP contribution is -2.15. The highest BCUT2D eigenvalue weighted by molar-refractivity contribution is 7.07. The Morgan fingerprint density at radius 3 is 2.54 bits per heavy atom. The van der Waals surface area contributed by atoms with Crippen molar-refractivity contribution in [2.75, 3.05) is 13.7 Å². The molecule has 1 N–H and O–H groups in total. The van der Waals surface area contributed by atoms with Gasteiger partial charge in [0.2, 0.25) is 4.80 Å². The van der Waals surface area contributed by atoms with Gasteiger partial charge in [0.05, 0.1) is 25.1 Å². The molecule has 3 rings (SSSR count). The van der Waals surface area contributed by atoms with E-state index in [2.05, 4.69) is 11.6 Å². The lowest BCUT2D eigenvalue weighted by Gasteiger charge is -2.10. The molecule has 0 fully saturated rings. The summed E-state index contributed by atoms with van der Waals surface area (Å²) in [4.78, 5) is 5.44. The largest absolute Gasteiger partial charge is 0.508 e. The highest BCUT2D eigenvalue weighted by Gasteiger charge is 2.13. The number of phenols is 1. The maximum absolute atomic E-state index is 9.53. The van der Waals surface area contributed by atoms with Crippen LogP contribution < -0.4 is 9.54 Å². The van der Waals surface area contributed by atoms with Crippen molar-refractivity contribution in [3.8, 4) is 22.8 Å². The first-order chi connectivity index (χ1) is 13.5. The summed E-state index contributed by atoms with van der Waals surface area (Å²) in [5, 5.41) is 16.4. The molecule has 0 radical (unpaired) electrons. The number of aromatic hydroxyl groups is 1. The Kier molecular flexibility index (Phi) is 6.11. The minimum Gasteiger partial charge on any atom is -0.508 e. The number of thiazole rings is 1. The van der Waals surface area contributed by atoms with Crippen molar-refractivity contribution in [1.82, 2.24) is 4.68 Å². The summed E-state index contributed by atoms with van der Waals surface area (Å²) in [5.74, 6) is 1.00. The molecule has 0 saturated carbocycles. The van der Waals surface area contributed by atoms with E-state index in [4.69, 9.17) is 9.84 Å². The first kappa shape index (κ1) is 19.6. The molecule has 0 atom stereocenters. The molecule has 3 aromatic rings. The highest BCUT2D eigenvalue weighted by Crippen LogP contribution is 2.30. The third-order valence-electron chi connectivity index (χ3n) is 4.09. The summed E-state index contributed by atoms with van der Waals surface area (Å²) in [7, 11) is 1.66. The zero-order valence-electron chi connectivity index (χ0n) is 16.2. The van der Waals surface area contributed by atoms with E-state index in [1.165, 1.54) is 11.3 Å². The van der Waals surface area contributed by atoms with Crippen LogP contribution in [-0.2, 0) is 0 Å². The molecule has 1 heterocycles. The van der Waals surface area contributed by atoms with Crippen LogP contribution in [0, 0.1) is 0 Å². The maximum atomic E-state index is 9.53. The van der Waals surface area contributed by atoms with Crippen LogP contribution in [0.4, 0.5) is 0 Å². The van der Waals surface area contributed by atoms with Crippen LogP contribution >= 0.6 is 11.3 Å². The molecule has 5 nitrogen and oxygen atoms in total. The van der Waals surface area contributed by atoms with Gasteiger partial charge in [-0.2, -0.15) is 5.10 Å². The van der Waals surface area contributed by atoms with Crippen LogP contribution in [0.25, 0.3) is 11.3 Å². The molecule has 144 valence electrons. The maximum Gasteiger partial charge on any atom is 0.206 e. The van der Waals surface area contributed by atoms with E-state index in [0.29, 0.717) is 6.54 Å². The molecule has 0 bridgehead atoms. The lowest BCUT2D eigenvalue weighted by atomic mass is 10.1. The van der Waals surface area contributed by atoms with Gasteiger partial charge in [0.25, 0.3) is 0 Å². The summed E-state index contributed by atoms with van der Waals surface area (Å²) in [6.45, 7) is 8.36. The zero-order valence-corrected chi connectivity index (χ0v) is 17.0. The molecular weight excluding hydrogens is 370 g/mol. The van der Waals surface area contributed by atoms with Gasteiger partial charge in [0, 0.05) is 10.9 Å². The molecule has 0 saturated heterocycles. The fraction of sp³-hybridized carbons (Fsp3) is 0.182. The van der Waals surface area contributed by atoms with Crippen LogP contribution in [0.2, 0.25) is 0 Å². The van der Waals surface area contributed by atoms with Crippen LogP contribution in [0.5, 0.6) is 11.5 Å².